The number of hydrogen-bond donors (Lipinski definition) is 2. The van der Waals surface area contributed by atoms with Crippen LogP contribution in [0, 0.1) is 0 Å². The lowest BCUT2D eigenvalue weighted by Gasteiger charge is -2.06. The average Bonchev–Trinajstić information content (AvgIpc) is 3.19. The highest BCUT2D eigenvalue weighted by molar-refractivity contribution is 6.00. The number of hydrogen-bond acceptors (Lipinski definition) is 3. The van der Waals surface area contributed by atoms with Crippen LogP contribution in [0.1, 0.15) is 30.1 Å². The molecule has 0 spiro atoms. The molecule has 0 unspecified atom stereocenters. The summed E-state index contributed by atoms with van der Waals surface area (Å²) in [6.07, 6.45) is 2.86. The number of rotatable bonds is 8. The first-order valence-corrected chi connectivity index (χ1v) is 9.44. The predicted octanol–water partition coefficient (Wildman–Crippen LogP) is 3.19. The molecule has 0 atom stereocenters. The largest absolute Gasteiger partial charge is 0.356 e. The molecule has 0 aliphatic carbocycles. The number of aromatic nitrogens is 2. The van der Waals surface area contributed by atoms with Crippen LogP contribution in [0.4, 0.5) is 0 Å². The third kappa shape index (κ3) is 4.85. The second-order valence-electron chi connectivity index (χ2n) is 6.39. The van der Waals surface area contributed by atoms with E-state index in [2.05, 4.69) is 15.7 Å². The first-order chi connectivity index (χ1) is 13.7. The van der Waals surface area contributed by atoms with Gasteiger partial charge in [0.1, 0.15) is 5.69 Å². The van der Waals surface area contributed by atoms with Crippen LogP contribution in [0.5, 0.6) is 0 Å². The Morgan fingerprint density at radius 1 is 0.929 bits per heavy atom. The van der Waals surface area contributed by atoms with Gasteiger partial charge in [0, 0.05) is 31.3 Å². The fraction of sp³-hybridized carbons (Fsp3) is 0.227. The van der Waals surface area contributed by atoms with E-state index in [1.54, 1.807) is 10.9 Å². The molecular weight excluding hydrogens is 352 g/mol. The summed E-state index contributed by atoms with van der Waals surface area (Å²) in [5.74, 6) is -0.310. The van der Waals surface area contributed by atoms with Crippen molar-refractivity contribution >= 4 is 11.8 Å². The van der Waals surface area contributed by atoms with Crippen molar-refractivity contribution in [1.29, 1.82) is 0 Å². The van der Waals surface area contributed by atoms with E-state index in [1.807, 2.05) is 67.6 Å². The van der Waals surface area contributed by atoms with E-state index in [9.17, 15) is 9.59 Å². The number of carbonyl (C=O) groups excluding carboxylic acids is 2. The standard InChI is InChI=1S/C22H24N4O2/c1-2-14-23-20(27)13-15-24-22(28)19-16-26(18-11-7-4-8-12-18)25-21(19)17-9-5-3-6-10-17/h3-12,16H,2,13-15H2,1H3,(H,23,27)(H,24,28). The lowest BCUT2D eigenvalue weighted by Crippen LogP contribution is -2.31. The number of nitrogens with zero attached hydrogens (tertiary/aromatic N) is 2. The molecule has 0 aliphatic heterocycles. The van der Waals surface area contributed by atoms with Crippen molar-refractivity contribution in [2.75, 3.05) is 13.1 Å². The van der Waals surface area contributed by atoms with E-state index in [4.69, 9.17) is 0 Å². The second kappa shape index (κ2) is 9.50. The van der Waals surface area contributed by atoms with Crippen molar-refractivity contribution in [2.24, 2.45) is 0 Å². The fourth-order valence-electron chi connectivity index (χ4n) is 2.80. The van der Waals surface area contributed by atoms with Gasteiger partial charge in [0.2, 0.25) is 5.91 Å². The molecule has 0 aliphatic rings. The lowest BCUT2D eigenvalue weighted by atomic mass is 10.1. The maximum absolute atomic E-state index is 12.8. The lowest BCUT2D eigenvalue weighted by molar-refractivity contribution is -0.120. The topological polar surface area (TPSA) is 76.0 Å². The quantitative estimate of drug-likeness (QED) is 0.634. The maximum Gasteiger partial charge on any atom is 0.255 e. The van der Waals surface area contributed by atoms with Gasteiger partial charge in [-0.05, 0) is 18.6 Å². The molecule has 1 heterocycles. The van der Waals surface area contributed by atoms with Crippen molar-refractivity contribution in [3.8, 4) is 16.9 Å². The molecule has 2 aromatic carbocycles. The molecule has 0 bridgehead atoms. The summed E-state index contributed by atoms with van der Waals surface area (Å²) in [5.41, 5.74) is 2.82. The fourth-order valence-corrected chi connectivity index (χ4v) is 2.80. The van der Waals surface area contributed by atoms with Gasteiger partial charge in [-0.3, -0.25) is 9.59 Å². The Morgan fingerprint density at radius 2 is 1.61 bits per heavy atom. The molecule has 0 saturated carbocycles. The van der Waals surface area contributed by atoms with Crippen LogP contribution in [0.25, 0.3) is 16.9 Å². The Bertz CT molecular complexity index is 920. The molecule has 1 aromatic heterocycles. The Balaban J connectivity index is 1.79. The summed E-state index contributed by atoms with van der Waals surface area (Å²) in [6, 6.07) is 19.2. The highest BCUT2D eigenvalue weighted by atomic mass is 16.2. The first kappa shape index (κ1) is 19.4. The molecule has 144 valence electrons. The van der Waals surface area contributed by atoms with Gasteiger partial charge in [-0.2, -0.15) is 5.10 Å². The molecule has 0 radical (unpaired) electrons. The Morgan fingerprint density at radius 3 is 2.29 bits per heavy atom. The van der Waals surface area contributed by atoms with Crippen LogP contribution in [0.2, 0.25) is 0 Å². The number of benzene rings is 2. The second-order valence-corrected chi connectivity index (χ2v) is 6.39. The summed E-state index contributed by atoms with van der Waals surface area (Å²) in [5, 5.41) is 10.3. The molecule has 6 heteroatoms. The van der Waals surface area contributed by atoms with Crippen molar-refractivity contribution in [3.05, 3.63) is 72.4 Å². The Kier molecular flexibility index (Phi) is 6.57. The van der Waals surface area contributed by atoms with Crippen molar-refractivity contribution in [2.45, 2.75) is 19.8 Å². The van der Waals surface area contributed by atoms with Crippen LogP contribution in [-0.4, -0.2) is 34.7 Å². The summed E-state index contributed by atoms with van der Waals surface area (Å²) in [7, 11) is 0. The summed E-state index contributed by atoms with van der Waals surface area (Å²) < 4.78 is 1.70. The summed E-state index contributed by atoms with van der Waals surface area (Å²) >= 11 is 0. The van der Waals surface area contributed by atoms with E-state index in [-0.39, 0.29) is 24.8 Å². The number of amides is 2. The molecular formula is C22H24N4O2. The van der Waals surface area contributed by atoms with Gasteiger partial charge in [0.05, 0.1) is 11.3 Å². The van der Waals surface area contributed by atoms with E-state index in [0.717, 1.165) is 17.7 Å². The van der Waals surface area contributed by atoms with Gasteiger partial charge >= 0.3 is 0 Å². The Hall–Kier alpha value is -3.41. The number of nitrogens with one attached hydrogen (secondary N) is 2. The smallest absolute Gasteiger partial charge is 0.255 e. The zero-order valence-corrected chi connectivity index (χ0v) is 15.9. The van der Waals surface area contributed by atoms with E-state index in [0.29, 0.717) is 17.8 Å². The SMILES string of the molecule is CCCNC(=O)CCNC(=O)c1cn(-c2ccccc2)nc1-c1ccccc1. The molecule has 0 saturated heterocycles. The minimum atomic E-state index is -0.246. The van der Waals surface area contributed by atoms with E-state index >= 15 is 0 Å². The Labute approximate surface area is 164 Å². The first-order valence-electron chi connectivity index (χ1n) is 9.44. The van der Waals surface area contributed by atoms with Crippen LogP contribution >= 0.6 is 0 Å². The average molecular weight is 376 g/mol. The molecule has 28 heavy (non-hydrogen) atoms. The van der Waals surface area contributed by atoms with Crippen LogP contribution in [-0.2, 0) is 4.79 Å². The third-order valence-electron chi connectivity index (χ3n) is 4.24. The molecule has 3 aromatic rings. The molecule has 2 amide bonds. The third-order valence-corrected chi connectivity index (χ3v) is 4.24. The minimum absolute atomic E-state index is 0.0644. The van der Waals surface area contributed by atoms with Gasteiger partial charge in [-0.15, -0.1) is 0 Å². The highest BCUT2D eigenvalue weighted by Crippen LogP contribution is 2.23. The number of carbonyl (C=O) groups is 2. The van der Waals surface area contributed by atoms with Gasteiger partial charge in [-0.25, -0.2) is 4.68 Å². The van der Waals surface area contributed by atoms with Gasteiger partial charge in [0.25, 0.3) is 5.91 Å². The summed E-state index contributed by atoms with van der Waals surface area (Å²) in [4.78, 5) is 24.5. The number of para-hydroxylation sites is 1. The zero-order chi connectivity index (χ0) is 19.8. The minimum Gasteiger partial charge on any atom is -0.356 e. The molecule has 3 rings (SSSR count). The van der Waals surface area contributed by atoms with Crippen molar-refractivity contribution in [1.82, 2.24) is 20.4 Å². The predicted molar refractivity (Wildman–Crippen MR) is 109 cm³/mol. The normalized spacial score (nSPS) is 10.5. The van der Waals surface area contributed by atoms with Gasteiger partial charge in [0.15, 0.2) is 0 Å². The molecule has 2 N–H and O–H groups in total. The maximum atomic E-state index is 12.8. The van der Waals surface area contributed by atoms with Crippen LogP contribution < -0.4 is 10.6 Å². The van der Waals surface area contributed by atoms with Gasteiger partial charge < -0.3 is 10.6 Å². The monoisotopic (exact) mass is 376 g/mol. The van der Waals surface area contributed by atoms with E-state index < -0.39 is 0 Å². The van der Waals surface area contributed by atoms with E-state index in [1.165, 1.54) is 0 Å². The van der Waals surface area contributed by atoms with Crippen molar-refractivity contribution in [3.63, 3.8) is 0 Å². The molecule has 0 fully saturated rings. The summed E-state index contributed by atoms with van der Waals surface area (Å²) in [6.45, 7) is 2.92. The molecule has 6 nitrogen and oxygen atoms in total. The zero-order valence-electron chi connectivity index (χ0n) is 15.9. The highest BCUT2D eigenvalue weighted by Gasteiger charge is 2.18. The van der Waals surface area contributed by atoms with Crippen LogP contribution in [0.15, 0.2) is 66.9 Å². The van der Waals surface area contributed by atoms with Crippen LogP contribution in [0.3, 0.4) is 0 Å². The van der Waals surface area contributed by atoms with Crippen molar-refractivity contribution < 1.29 is 9.59 Å². The van der Waals surface area contributed by atoms with Gasteiger partial charge in [-0.1, -0.05) is 55.5 Å².